The third-order valence-corrected chi connectivity index (χ3v) is 6.48. The normalized spacial score (nSPS) is 15.4. The monoisotopic (exact) mass is 433 g/mol. The Hall–Kier alpha value is -2.68. The van der Waals surface area contributed by atoms with E-state index in [1.165, 1.54) is 33.5 Å². The average molecular weight is 434 g/mol. The SMILES string of the molecule is C=C(CC)C1c2ccc(CCc3ccc(OC)c(OC)c3)cc2CCN1C(=C)CC(C)C. The molecule has 0 bridgehead atoms. The molecule has 0 saturated heterocycles. The van der Waals surface area contributed by atoms with Crippen LogP contribution in [0.3, 0.4) is 0 Å². The molecule has 0 spiro atoms. The van der Waals surface area contributed by atoms with Gasteiger partial charge in [0.25, 0.3) is 0 Å². The number of rotatable bonds is 10. The number of hydrogen-bond donors (Lipinski definition) is 0. The van der Waals surface area contributed by atoms with E-state index in [2.05, 4.69) is 69.2 Å². The Morgan fingerprint density at radius 2 is 1.66 bits per heavy atom. The van der Waals surface area contributed by atoms with E-state index in [0.29, 0.717) is 5.92 Å². The highest BCUT2D eigenvalue weighted by Crippen LogP contribution is 2.39. The van der Waals surface area contributed by atoms with Crippen LogP contribution in [0.4, 0.5) is 0 Å². The summed E-state index contributed by atoms with van der Waals surface area (Å²) in [6, 6.07) is 13.5. The first-order valence-electron chi connectivity index (χ1n) is 11.8. The highest BCUT2D eigenvalue weighted by molar-refractivity contribution is 5.44. The smallest absolute Gasteiger partial charge is 0.160 e. The van der Waals surface area contributed by atoms with Crippen LogP contribution in [0, 0.1) is 5.92 Å². The summed E-state index contributed by atoms with van der Waals surface area (Å²) >= 11 is 0. The van der Waals surface area contributed by atoms with E-state index in [4.69, 9.17) is 9.47 Å². The predicted molar refractivity (Wildman–Crippen MR) is 135 cm³/mol. The molecule has 32 heavy (non-hydrogen) atoms. The van der Waals surface area contributed by atoms with Crippen LogP contribution < -0.4 is 9.47 Å². The molecular formula is C29H39NO2. The van der Waals surface area contributed by atoms with Gasteiger partial charge in [-0.05, 0) is 72.4 Å². The Kier molecular flexibility index (Phi) is 8.06. The Morgan fingerprint density at radius 3 is 2.28 bits per heavy atom. The summed E-state index contributed by atoms with van der Waals surface area (Å²) in [5.74, 6) is 2.17. The van der Waals surface area contributed by atoms with Crippen molar-refractivity contribution in [1.29, 1.82) is 0 Å². The third-order valence-electron chi connectivity index (χ3n) is 6.48. The molecule has 3 rings (SSSR count). The number of ether oxygens (including phenoxy) is 2. The molecule has 0 amide bonds. The van der Waals surface area contributed by atoms with Crippen molar-refractivity contribution in [1.82, 2.24) is 4.90 Å². The zero-order valence-corrected chi connectivity index (χ0v) is 20.5. The molecular weight excluding hydrogens is 394 g/mol. The molecule has 1 heterocycles. The van der Waals surface area contributed by atoms with Crippen molar-refractivity contribution in [3.05, 3.63) is 83.1 Å². The van der Waals surface area contributed by atoms with Crippen molar-refractivity contribution < 1.29 is 9.47 Å². The van der Waals surface area contributed by atoms with Crippen LogP contribution in [-0.2, 0) is 19.3 Å². The van der Waals surface area contributed by atoms with Gasteiger partial charge in [-0.3, -0.25) is 0 Å². The maximum absolute atomic E-state index is 5.46. The Balaban J connectivity index is 1.79. The van der Waals surface area contributed by atoms with Crippen LogP contribution in [0.5, 0.6) is 11.5 Å². The number of methoxy groups -OCH3 is 2. The van der Waals surface area contributed by atoms with E-state index in [9.17, 15) is 0 Å². The van der Waals surface area contributed by atoms with Crippen molar-refractivity contribution in [2.24, 2.45) is 5.92 Å². The fourth-order valence-corrected chi connectivity index (χ4v) is 4.72. The van der Waals surface area contributed by atoms with E-state index in [1.807, 2.05) is 6.07 Å². The van der Waals surface area contributed by atoms with Gasteiger partial charge in [-0.15, -0.1) is 0 Å². The second-order valence-corrected chi connectivity index (χ2v) is 9.24. The van der Waals surface area contributed by atoms with E-state index < -0.39 is 0 Å². The van der Waals surface area contributed by atoms with Crippen LogP contribution in [0.15, 0.2) is 60.8 Å². The second-order valence-electron chi connectivity index (χ2n) is 9.24. The van der Waals surface area contributed by atoms with Gasteiger partial charge in [-0.25, -0.2) is 0 Å². The summed E-state index contributed by atoms with van der Waals surface area (Å²) in [4.78, 5) is 2.50. The summed E-state index contributed by atoms with van der Waals surface area (Å²) in [6.45, 7) is 16.6. The minimum absolute atomic E-state index is 0.245. The van der Waals surface area contributed by atoms with Crippen molar-refractivity contribution in [2.45, 2.75) is 58.9 Å². The number of fused-ring (bicyclic) bond motifs is 1. The molecule has 0 aromatic heterocycles. The summed E-state index contributed by atoms with van der Waals surface area (Å²) in [5.41, 5.74) is 8.02. The second kappa shape index (κ2) is 10.8. The lowest BCUT2D eigenvalue weighted by atomic mass is 9.85. The summed E-state index contributed by atoms with van der Waals surface area (Å²) < 4.78 is 10.8. The Morgan fingerprint density at radius 1 is 1.00 bits per heavy atom. The van der Waals surface area contributed by atoms with Gasteiger partial charge in [0.05, 0.1) is 20.3 Å². The highest BCUT2D eigenvalue weighted by Gasteiger charge is 2.29. The predicted octanol–water partition coefficient (Wildman–Crippen LogP) is 6.91. The molecule has 3 nitrogen and oxygen atoms in total. The number of nitrogens with zero attached hydrogens (tertiary/aromatic N) is 1. The lowest BCUT2D eigenvalue weighted by molar-refractivity contribution is 0.253. The van der Waals surface area contributed by atoms with Gasteiger partial charge in [0.1, 0.15) is 0 Å². The number of aryl methyl sites for hydroxylation is 2. The van der Waals surface area contributed by atoms with Crippen LogP contribution in [0.25, 0.3) is 0 Å². The minimum atomic E-state index is 0.245. The summed E-state index contributed by atoms with van der Waals surface area (Å²) in [6.07, 6.45) is 5.06. The lowest BCUT2D eigenvalue weighted by Crippen LogP contribution is -2.36. The molecule has 0 N–H and O–H groups in total. The van der Waals surface area contributed by atoms with Gasteiger partial charge in [0.2, 0.25) is 0 Å². The fourth-order valence-electron chi connectivity index (χ4n) is 4.72. The zero-order valence-electron chi connectivity index (χ0n) is 20.5. The molecule has 3 heteroatoms. The van der Waals surface area contributed by atoms with Gasteiger partial charge in [-0.1, -0.05) is 63.8 Å². The van der Waals surface area contributed by atoms with E-state index in [1.54, 1.807) is 14.2 Å². The van der Waals surface area contributed by atoms with Crippen LogP contribution in [0.1, 0.15) is 61.9 Å². The summed E-state index contributed by atoms with van der Waals surface area (Å²) in [5, 5.41) is 0. The minimum Gasteiger partial charge on any atom is -0.493 e. The molecule has 2 aromatic rings. The molecule has 0 aliphatic carbocycles. The number of benzene rings is 2. The first kappa shape index (κ1) is 24.0. The number of hydrogen-bond acceptors (Lipinski definition) is 3. The van der Waals surface area contributed by atoms with Gasteiger partial charge in [-0.2, -0.15) is 0 Å². The number of allylic oxidation sites excluding steroid dienone is 1. The molecule has 0 fully saturated rings. The molecule has 2 aromatic carbocycles. The van der Waals surface area contributed by atoms with Gasteiger partial charge < -0.3 is 14.4 Å². The van der Waals surface area contributed by atoms with Crippen molar-refractivity contribution in [2.75, 3.05) is 20.8 Å². The van der Waals surface area contributed by atoms with Crippen LogP contribution >= 0.6 is 0 Å². The summed E-state index contributed by atoms with van der Waals surface area (Å²) in [7, 11) is 3.36. The maximum Gasteiger partial charge on any atom is 0.160 e. The standard InChI is InChI=1S/C29H39NO2/c1-8-21(4)29-26-13-11-23(9-10-24-12-14-27(31-6)28(19-24)32-7)18-25(26)15-16-30(29)22(5)17-20(2)3/h11-14,18-20,29H,4-5,8-10,15-17H2,1-3,6-7H3. The lowest BCUT2D eigenvalue weighted by Gasteiger charge is -2.41. The van der Waals surface area contributed by atoms with Crippen LogP contribution in [0.2, 0.25) is 0 Å². The Labute approximate surface area is 194 Å². The molecule has 1 aliphatic heterocycles. The Bertz CT molecular complexity index is 960. The van der Waals surface area contributed by atoms with Crippen molar-refractivity contribution >= 4 is 0 Å². The topological polar surface area (TPSA) is 21.7 Å². The molecule has 1 unspecified atom stereocenters. The van der Waals surface area contributed by atoms with E-state index in [-0.39, 0.29) is 6.04 Å². The maximum atomic E-state index is 5.46. The highest BCUT2D eigenvalue weighted by atomic mass is 16.5. The first-order chi connectivity index (χ1) is 15.4. The largest absolute Gasteiger partial charge is 0.493 e. The average Bonchev–Trinajstić information content (AvgIpc) is 2.80. The molecule has 0 radical (unpaired) electrons. The molecule has 1 aliphatic rings. The first-order valence-corrected chi connectivity index (χ1v) is 11.8. The van der Waals surface area contributed by atoms with E-state index in [0.717, 1.165) is 50.1 Å². The fraction of sp³-hybridized carbons (Fsp3) is 0.448. The van der Waals surface area contributed by atoms with Gasteiger partial charge >= 0.3 is 0 Å². The van der Waals surface area contributed by atoms with E-state index >= 15 is 0 Å². The van der Waals surface area contributed by atoms with Crippen molar-refractivity contribution in [3.8, 4) is 11.5 Å². The van der Waals surface area contributed by atoms with Gasteiger partial charge in [0, 0.05) is 12.2 Å². The van der Waals surface area contributed by atoms with Crippen molar-refractivity contribution in [3.63, 3.8) is 0 Å². The molecule has 1 atom stereocenters. The zero-order chi connectivity index (χ0) is 23.3. The molecule has 172 valence electrons. The van der Waals surface area contributed by atoms with Crippen LogP contribution in [-0.4, -0.2) is 25.7 Å². The third kappa shape index (κ3) is 5.38. The molecule has 0 saturated carbocycles. The van der Waals surface area contributed by atoms with Gasteiger partial charge in [0.15, 0.2) is 11.5 Å². The quantitative estimate of drug-likeness (QED) is 0.380.